The Morgan fingerprint density at radius 3 is 2.86 bits per heavy atom. The predicted molar refractivity (Wildman–Crippen MR) is 79.3 cm³/mol. The molecule has 1 aliphatic heterocycles. The average Bonchev–Trinajstić information content (AvgIpc) is 2.73. The second-order valence-electron chi connectivity index (χ2n) is 5.35. The third-order valence-electron chi connectivity index (χ3n) is 3.07. The highest BCUT2D eigenvalue weighted by Gasteiger charge is 2.32. The van der Waals surface area contributed by atoms with E-state index in [1.165, 1.54) is 0 Å². The van der Waals surface area contributed by atoms with Gasteiger partial charge >= 0.3 is 6.01 Å². The fraction of sp³-hybridized carbons (Fsp3) is 0.357. The molecule has 1 aromatic carbocycles. The number of anilines is 1. The summed E-state index contributed by atoms with van der Waals surface area (Å²) in [5, 5.41) is 2.87. The van der Waals surface area contributed by atoms with Crippen molar-refractivity contribution < 1.29 is 9.47 Å². The van der Waals surface area contributed by atoms with Crippen LogP contribution in [0.3, 0.4) is 0 Å². The topological polar surface area (TPSA) is 69.2 Å². The van der Waals surface area contributed by atoms with Crippen molar-refractivity contribution in [3.63, 3.8) is 0 Å². The second-order valence-corrected chi connectivity index (χ2v) is 5.68. The van der Waals surface area contributed by atoms with Crippen LogP contribution in [0.1, 0.15) is 19.4 Å². The Morgan fingerprint density at radius 2 is 2.10 bits per heavy atom. The molecule has 0 saturated heterocycles. The summed E-state index contributed by atoms with van der Waals surface area (Å²) >= 11 is 5.84. The van der Waals surface area contributed by atoms with Crippen LogP contribution in [0.5, 0.6) is 17.5 Å². The molecule has 21 heavy (non-hydrogen) atoms. The van der Waals surface area contributed by atoms with E-state index in [4.69, 9.17) is 21.1 Å². The van der Waals surface area contributed by atoms with Crippen LogP contribution in [-0.2, 0) is 6.42 Å². The van der Waals surface area contributed by atoms with Gasteiger partial charge in [0.25, 0.3) is 0 Å². The van der Waals surface area contributed by atoms with E-state index in [0.717, 1.165) is 17.7 Å². The first-order valence-corrected chi connectivity index (χ1v) is 6.93. The van der Waals surface area contributed by atoms with Gasteiger partial charge in [-0.3, -0.25) is 0 Å². The Hall–Kier alpha value is -2.08. The van der Waals surface area contributed by atoms with Gasteiger partial charge in [-0.05, 0) is 31.5 Å². The highest BCUT2D eigenvalue weighted by atomic mass is 35.5. The van der Waals surface area contributed by atoms with E-state index in [2.05, 4.69) is 20.3 Å². The lowest BCUT2D eigenvalue weighted by molar-refractivity contribution is 0.134. The van der Waals surface area contributed by atoms with Gasteiger partial charge in [-0.2, -0.15) is 15.0 Å². The molecule has 2 heterocycles. The van der Waals surface area contributed by atoms with Crippen molar-refractivity contribution >= 4 is 17.5 Å². The fourth-order valence-electron chi connectivity index (χ4n) is 2.26. The number of fused-ring (bicyclic) bond motifs is 1. The van der Waals surface area contributed by atoms with Gasteiger partial charge in [0, 0.05) is 19.0 Å². The Bertz CT molecular complexity index is 691. The first-order valence-electron chi connectivity index (χ1n) is 6.55. The number of para-hydroxylation sites is 1. The quantitative estimate of drug-likeness (QED) is 0.940. The maximum atomic E-state index is 5.94. The monoisotopic (exact) mass is 306 g/mol. The number of halogens is 1. The number of nitrogens with zero attached hydrogens (tertiary/aromatic N) is 3. The van der Waals surface area contributed by atoms with Crippen LogP contribution in [0.25, 0.3) is 0 Å². The van der Waals surface area contributed by atoms with Gasteiger partial charge < -0.3 is 14.8 Å². The SMILES string of the molecule is CNc1nc(Cl)nc(Oc2cccc3c2OC(C)(C)C3)n1. The highest BCUT2D eigenvalue weighted by Crippen LogP contribution is 2.42. The molecule has 7 heteroatoms. The number of hydrogen-bond acceptors (Lipinski definition) is 6. The van der Waals surface area contributed by atoms with Crippen molar-refractivity contribution in [3.8, 4) is 17.5 Å². The van der Waals surface area contributed by atoms with Gasteiger partial charge in [0.1, 0.15) is 5.60 Å². The van der Waals surface area contributed by atoms with E-state index in [-0.39, 0.29) is 16.9 Å². The third kappa shape index (κ3) is 2.85. The minimum Gasteiger partial charge on any atom is -0.483 e. The Balaban J connectivity index is 1.94. The molecule has 0 aliphatic carbocycles. The van der Waals surface area contributed by atoms with Crippen molar-refractivity contribution in [3.05, 3.63) is 29.0 Å². The summed E-state index contributed by atoms with van der Waals surface area (Å²) in [6, 6.07) is 5.88. The number of hydrogen-bond donors (Lipinski definition) is 1. The van der Waals surface area contributed by atoms with Crippen molar-refractivity contribution in [1.29, 1.82) is 0 Å². The van der Waals surface area contributed by atoms with E-state index in [0.29, 0.717) is 11.7 Å². The minimum atomic E-state index is -0.241. The molecule has 2 aromatic rings. The zero-order valence-corrected chi connectivity index (χ0v) is 12.7. The first kappa shape index (κ1) is 13.9. The molecule has 110 valence electrons. The average molecular weight is 307 g/mol. The van der Waals surface area contributed by atoms with Crippen molar-refractivity contribution in [2.24, 2.45) is 0 Å². The molecule has 6 nitrogen and oxygen atoms in total. The second kappa shape index (κ2) is 5.04. The van der Waals surface area contributed by atoms with Gasteiger partial charge in [-0.25, -0.2) is 0 Å². The van der Waals surface area contributed by atoms with Crippen molar-refractivity contribution in [1.82, 2.24) is 15.0 Å². The highest BCUT2D eigenvalue weighted by molar-refractivity contribution is 6.28. The molecule has 1 aromatic heterocycles. The normalized spacial score (nSPS) is 15.2. The van der Waals surface area contributed by atoms with Crippen LogP contribution >= 0.6 is 11.6 Å². The molecule has 0 spiro atoms. The summed E-state index contributed by atoms with van der Waals surface area (Å²) in [7, 11) is 1.70. The zero-order valence-electron chi connectivity index (χ0n) is 12.0. The molecule has 0 fully saturated rings. The lowest BCUT2D eigenvalue weighted by Crippen LogP contribution is -2.24. The zero-order chi connectivity index (χ0) is 15.0. The largest absolute Gasteiger partial charge is 0.483 e. The van der Waals surface area contributed by atoms with Gasteiger partial charge in [-0.1, -0.05) is 12.1 Å². The van der Waals surface area contributed by atoms with Gasteiger partial charge in [0.05, 0.1) is 0 Å². The molecule has 0 amide bonds. The fourth-order valence-corrected chi connectivity index (χ4v) is 2.41. The number of benzene rings is 1. The number of ether oxygens (including phenoxy) is 2. The molecule has 0 bridgehead atoms. The lowest BCUT2D eigenvalue weighted by atomic mass is 10.0. The molecular formula is C14H15ClN4O2. The maximum Gasteiger partial charge on any atom is 0.328 e. The molecule has 3 rings (SSSR count). The summed E-state index contributed by atoms with van der Waals surface area (Å²) in [5.41, 5.74) is 0.862. The number of rotatable bonds is 3. The van der Waals surface area contributed by atoms with Crippen LogP contribution in [0.15, 0.2) is 18.2 Å². The standard InChI is InChI=1S/C14H15ClN4O2/c1-14(2)7-8-5-4-6-9(10(8)21-14)20-13-18-11(15)17-12(16-3)19-13/h4-6H,7H2,1-3H3,(H,16,17,18,19). The first-order chi connectivity index (χ1) is 9.97. The summed E-state index contributed by atoms with van der Waals surface area (Å²) in [4.78, 5) is 12.0. The molecular weight excluding hydrogens is 292 g/mol. The predicted octanol–water partition coefficient (Wildman–Crippen LogP) is 3.07. The van der Waals surface area contributed by atoms with E-state index < -0.39 is 0 Å². The minimum absolute atomic E-state index is 0.0678. The van der Waals surface area contributed by atoms with Crippen LogP contribution in [0.4, 0.5) is 5.95 Å². The summed E-state index contributed by atoms with van der Waals surface area (Å²) in [5.74, 6) is 1.64. The maximum absolute atomic E-state index is 5.94. The summed E-state index contributed by atoms with van der Waals surface area (Å²) < 4.78 is 11.7. The summed E-state index contributed by atoms with van der Waals surface area (Å²) in [6.45, 7) is 4.07. The molecule has 0 unspecified atom stereocenters. The van der Waals surface area contributed by atoms with E-state index in [9.17, 15) is 0 Å². The molecule has 0 saturated carbocycles. The van der Waals surface area contributed by atoms with Crippen LogP contribution in [0, 0.1) is 0 Å². The molecule has 1 N–H and O–H groups in total. The van der Waals surface area contributed by atoms with Crippen molar-refractivity contribution in [2.45, 2.75) is 25.9 Å². The molecule has 0 atom stereocenters. The molecule has 0 radical (unpaired) electrons. The van der Waals surface area contributed by atoms with Crippen LogP contribution < -0.4 is 14.8 Å². The number of nitrogens with one attached hydrogen (secondary N) is 1. The van der Waals surface area contributed by atoms with Gasteiger partial charge in [-0.15, -0.1) is 0 Å². The Labute approximate surface area is 127 Å². The van der Waals surface area contributed by atoms with Crippen LogP contribution in [0.2, 0.25) is 5.28 Å². The smallest absolute Gasteiger partial charge is 0.328 e. The number of aromatic nitrogens is 3. The van der Waals surface area contributed by atoms with E-state index >= 15 is 0 Å². The molecule has 1 aliphatic rings. The Morgan fingerprint density at radius 1 is 1.29 bits per heavy atom. The van der Waals surface area contributed by atoms with Gasteiger partial charge in [0.15, 0.2) is 11.5 Å². The van der Waals surface area contributed by atoms with Gasteiger partial charge in [0.2, 0.25) is 11.2 Å². The van der Waals surface area contributed by atoms with E-state index in [1.807, 2.05) is 32.0 Å². The third-order valence-corrected chi connectivity index (χ3v) is 3.24. The van der Waals surface area contributed by atoms with Crippen LogP contribution in [-0.4, -0.2) is 27.6 Å². The summed E-state index contributed by atoms with van der Waals surface area (Å²) in [6.07, 6.45) is 0.833. The van der Waals surface area contributed by atoms with Crippen molar-refractivity contribution in [2.75, 3.05) is 12.4 Å². The van der Waals surface area contributed by atoms with E-state index in [1.54, 1.807) is 7.05 Å². The Kier molecular flexibility index (Phi) is 3.33. The lowest BCUT2D eigenvalue weighted by Gasteiger charge is -2.17.